The van der Waals surface area contributed by atoms with Gasteiger partial charge in [0.25, 0.3) is 5.56 Å². The summed E-state index contributed by atoms with van der Waals surface area (Å²) < 4.78 is 31.3. The van der Waals surface area contributed by atoms with Gasteiger partial charge in [-0.15, -0.1) is 19.3 Å². The zero-order chi connectivity index (χ0) is 69.6. The van der Waals surface area contributed by atoms with Gasteiger partial charge in [-0.05, 0) is 169 Å². The summed E-state index contributed by atoms with van der Waals surface area (Å²) >= 11 is 0. The molecule has 0 saturated heterocycles. The second-order valence-electron chi connectivity index (χ2n) is 21.4. The Morgan fingerprint density at radius 3 is 1.38 bits per heavy atom. The Morgan fingerprint density at radius 1 is 0.474 bits per heavy atom. The third-order valence-electron chi connectivity index (χ3n) is 15.4. The quantitative estimate of drug-likeness (QED) is 0.0450. The van der Waals surface area contributed by atoms with E-state index in [9.17, 15) is 49.5 Å². The number of H-pyrrole nitrogens is 1. The number of methoxy groups -OCH3 is 1. The lowest BCUT2D eigenvalue weighted by atomic mass is 9.92. The Labute approximate surface area is 557 Å². The molecule has 0 radical (unpaired) electrons. The van der Waals surface area contributed by atoms with E-state index < -0.39 is 0 Å². The van der Waals surface area contributed by atoms with Crippen LogP contribution < -0.4 is 27.5 Å². The van der Waals surface area contributed by atoms with E-state index in [1.807, 2.05) is 55.5 Å². The van der Waals surface area contributed by atoms with Crippen LogP contribution in [0.5, 0.6) is 40.2 Å². The summed E-state index contributed by atoms with van der Waals surface area (Å²) in [7, 11) is 1.59. The van der Waals surface area contributed by atoms with E-state index in [-0.39, 0.29) is 80.3 Å². The number of nitrogens with two attached hydrogens (primary N) is 3. The molecule has 0 aliphatic carbocycles. The number of para-hydroxylation sites is 2. The molecule has 18 heteroatoms. The number of aromatic hydroxyl groups is 6. The number of halogens is 2. The lowest BCUT2D eigenvalue weighted by Crippen LogP contribution is -2.12. The molecule has 97 heavy (non-hydrogen) atoms. The molecule has 4 heterocycles. The first-order valence-corrected chi connectivity index (χ1v) is 29.5. The summed E-state index contributed by atoms with van der Waals surface area (Å²) in [6, 6.07) is 56.9. The maximum absolute atomic E-state index is 13.1. The van der Waals surface area contributed by atoms with Gasteiger partial charge >= 0.3 is 0 Å². The summed E-state index contributed by atoms with van der Waals surface area (Å²) in [5.74, 6) is 7.13. The highest BCUT2D eigenvalue weighted by molar-refractivity contribution is 5.87. The molecule has 0 aliphatic heterocycles. The SMILES string of the molecule is C#Cc1c(-c2ccc(O)c(O)c2)cc(-c2ccc(F)cc2)nc1N.C#Cc1c(-c2ccccc2O)cc(-c2ccc(F)cc2)nc1N.C#Cc1c(-c2ccccc2O)cc(-c2ccc(OC)cc2)[nH]c1=O.CCc1ccc(-c2nc(N)c(C#N)c(-c3ccc(O)c(O)c3)c2C)cc1. The van der Waals surface area contributed by atoms with Crippen molar-refractivity contribution in [3.63, 3.8) is 0 Å². The Bertz CT molecular complexity index is 5170. The van der Waals surface area contributed by atoms with Gasteiger partial charge in [-0.2, -0.15) is 5.26 Å². The molecule has 0 bridgehead atoms. The number of phenolic OH excluding ortho intramolecular Hbond substituents is 6. The lowest BCUT2D eigenvalue weighted by Gasteiger charge is -2.15. The van der Waals surface area contributed by atoms with Crippen molar-refractivity contribution in [1.29, 1.82) is 5.26 Å². The minimum Gasteiger partial charge on any atom is -0.507 e. The minimum absolute atomic E-state index is 0.0697. The number of nitrogen functional groups attached to an aromatic ring is 3. The Kier molecular flexibility index (Phi) is 21.0. The molecule has 0 atom stereocenters. The van der Waals surface area contributed by atoms with Gasteiger partial charge in [0.05, 0.1) is 40.9 Å². The van der Waals surface area contributed by atoms with E-state index in [0.29, 0.717) is 89.5 Å². The van der Waals surface area contributed by atoms with Crippen LogP contribution in [-0.4, -0.2) is 57.7 Å². The van der Waals surface area contributed by atoms with Crippen LogP contribution in [0.1, 0.15) is 40.3 Å². The Hall–Kier alpha value is -13.8. The molecule has 0 aliphatic rings. The molecule has 13 N–H and O–H groups in total. The van der Waals surface area contributed by atoms with Gasteiger partial charge in [-0.3, -0.25) is 4.79 Å². The van der Waals surface area contributed by atoms with Gasteiger partial charge < -0.3 is 57.6 Å². The van der Waals surface area contributed by atoms with E-state index in [0.717, 1.165) is 28.9 Å². The first-order chi connectivity index (χ1) is 46.7. The Morgan fingerprint density at radius 2 is 0.907 bits per heavy atom. The van der Waals surface area contributed by atoms with E-state index >= 15 is 0 Å². The number of aryl methyl sites for hydroxylation is 1. The van der Waals surface area contributed by atoms with Gasteiger partial charge in [0.2, 0.25) is 0 Å². The molecular weight excluding hydrogens is 1230 g/mol. The number of benzene rings is 8. The van der Waals surface area contributed by atoms with Crippen LogP contribution in [0.25, 0.3) is 89.5 Å². The van der Waals surface area contributed by atoms with Gasteiger partial charge in [-0.1, -0.05) is 97.5 Å². The maximum atomic E-state index is 13.1. The fraction of sp³-hybridized carbons (Fsp3) is 0.0506. The van der Waals surface area contributed by atoms with Crippen molar-refractivity contribution in [3.8, 4) is 173 Å². The number of ether oxygens (including phenoxy) is 1. The zero-order valence-electron chi connectivity index (χ0n) is 52.3. The monoisotopic (exact) mass is 1290 g/mol. The molecular formula is C79H60F2N8O8. The molecule has 0 amide bonds. The molecule has 0 fully saturated rings. The van der Waals surface area contributed by atoms with E-state index in [1.54, 1.807) is 110 Å². The molecule has 0 unspecified atom stereocenters. The number of hydrogen-bond donors (Lipinski definition) is 10. The fourth-order valence-corrected chi connectivity index (χ4v) is 10.4. The molecule has 4 aromatic heterocycles. The first kappa shape index (κ1) is 67.6. The molecule has 0 spiro atoms. The molecule has 478 valence electrons. The number of aromatic amines is 1. The average molecular weight is 1290 g/mol. The summed E-state index contributed by atoms with van der Waals surface area (Å²) in [6.45, 7) is 3.96. The standard InChI is InChI=1S/C21H19N3O2.C20H15NO3.C19H13FN2O2.C19H13FN2O/c1-3-13-4-6-14(7-5-13)20-12(2)19(16(11-22)21(23)24-20)15-8-9-17(25)18(26)10-15;1-3-15-17(16-6-4-5-7-19(16)22)12-18(21-20(15)23)13-8-10-14(24-2)11-9-13;1-2-14-15(12-5-8-17(23)18(24)9-12)10-16(22-19(14)21)11-3-6-13(20)7-4-11;1-2-14-16(15-5-3-4-6-18(15)23)11-17(22-19(14)21)12-7-9-13(20)10-8-12/h4-10,25-26H,3H2,1-2H3,(H2,23,24);1,4-12,22H,2H3,(H,21,23);1,3-10,23-24H,(H2,21,22);1,3-11,23H,(H2,21,22). The van der Waals surface area contributed by atoms with Crippen molar-refractivity contribution in [2.75, 3.05) is 24.3 Å². The molecule has 16 nitrogen and oxygen atoms in total. The summed E-state index contributed by atoms with van der Waals surface area (Å²) in [4.78, 5) is 28.2. The predicted octanol–water partition coefficient (Wildman–Crippen LogP) is 14.9. The van der Waals surface area contributed by atoms with Crippen LogP contribution in [0.15, 0.2) is 205 Å². The van der Waals surface area contributed by atoms with Crippen molar-refractivity contribution in [2.24, 2.45) is 0 Å². The molecule has 0 saturated carbocycles. The number of pyridine rings is 4. The third kappa shape index (κ3) is 15.2. The van der Waals surface area contributed by atoms with Crippen molar-refractivity contribution < 1.29 is 44.2 Å². The number of nitrogens with zero attached hydrogens (tertiary/aromatic N) is 4. The predicted molar refractivity (Wildman–Crippen MR) is 376 cm³/mol. The highest BCUT2D eigenvalue weighted by atomic mass is 19.1. The van der Waals surface area contributed by atoms with Crippen LogP contribution >= 0.6 is 0 Å². The third-order valence-corrected chi connectivity index (χ3v) is 15.4. The van der Waals surface area contributed by atoms with Gasteiger partial charge in [0.1, 0.15) is 58.0 Å². The minimum atomic E-state index is -0.371. The number of aromatic nitrogens is 4. The van der Waals surface area contributed by atoms with Crippen LogP contribution in [-0.2, 0) is 6.42 Å². The van der Waals surface area contributed by atoms with E-state index in [4.69, 9.17) is 41.2 Å². The molecule has 12 aromatic rings. The summed E-state index contributed by atoms with van der Waals surface area (Å²) in [5, 5.41) is 68.4. The summed E-state index contributed by atoms with van der Waals surface area (Å²) in [5.41, 5.74) is 30.9. The van der Waals surface area contributed by atoms with Gasteiger partial charge in [-0.25, -0.2) is 23.7 Å². The normalized spacial score (nSPS) is 10.3. The van der Waals surface area contributed by atoms with Crippen LogP contribution in [0.4, 0.5) is 26.2 Å². The van der Waals surface area contributed by atoms with Crippen molar-refractivity contribution in [1.82, 2.24) is 19.9 Å². The van der Waals surface area contributed by atoms with Crippen LogP contribution in [0.2, 0.25) is 0 Å². The maximum Gasteiger partial charge on any atom is 0.264 e. The van der Waals surface area contributed by atoms with Crippen molar-refractivity contribution in [2.45, 2.75) is 20.3 Å². The van der Waals surface area contributed by atoms with Gasteiger partial charge in [0.15, 0.2) is 23.0 Å². The van der Waals surface area contributed by atoms with Gasteiger partial charge in [0, 0.05) is 55.8 Å². The van der Waals surface area contributed by atoms with Crippen LogP contribution in [0.3, 0.4) is 0 Å². The number of terminal acetylenes is 3. The van der Waals surface area contributed by atoms with Crippen molar-refractivity contribution in [3.05, 3.63) is 256 Å². The second-order valence-corrected chi connectivity index (χ2v) is 21.4. The fourth-order valence-electron chi connectivity index (χ4n) is 10.4. The number of phenols is 6. The number of rotatable bonds is 10. The highest BCUT2D eigenvalue weighted by Crippen LogP contribution is 2.41. The molecule has 12 rings (SSSR count). The first-order valence-electron chi connectivity index (χ1n) is 29.5. The topological polar surface area (TPSA) is 304 Å². The van der Waals surface area contributed by atoms with Crippen molar-refractivity contribution >= 4 is 17.5 Å². The summed E-state index contributed by atoms with van der Waals surface area (Å²) in [6.07, 6.45) is 17.5. The number of hydrogen-bond acceptors (Lipinski definition) is 15. The largest absolute Gasteiger partial charge is 0.507 e. The van der Waals surface area contributed by atoms with E-state index in [1.165, 1.54) is 54.1 Å². The number of nitrogens with one attached hydrogen (secondary N) is 1. The van der Waals surface area contributed by atoms with Crippen LogP contribution in [0, 0.1) is 66.9 Å². The average Bonchev–Trinajstić information content (AvgIpc) is 0.801. The Balaban J connectivity index is 0.000000152. The smallest absolute Gasteiger partial charge is 0.264 e. The highest BCUT2D eigenvalue weighted by Gasteiger charge is 2.21. The number of anilines is 3. The van der Waals surface area contributed by atoms with E-state index in [2.05, 4.69) is 50.7 Å². The lowest BCUT2D eigenvalue weighted by molar-refractivity contribution is 0.404. The second kappa shape index (κ2) is 30.1. The molecule has 8 aromatic carbocycles. The number of nitriles is 1. The zero-order valence-corrected chi connectivity index (χ0v) is 52.3.